The summed E-state index contributed by atoms with van der Waals surface area (Å²) in [5, 5.41) is 6.58. The molecule has 5 heterocycles. The molecule has 11 aromatic rings. The zero-order chi connectivity index (χ0) is 37.0. The van der Waals surface area contributed by atoms with Crippen molar-refractivity contribution in [2.45, 2.75) is 0 Å². The first-order valence-electron chi connectivity index (χ1n) is 18.6. The van der Waals surface area contributed by atoms with Crippen LogP contribution in [0.2, 0.25) is 0 Å². The van der Waals surface area contributed by atoms with E-state index in [0.717, 1.165) is 94.2 Å². The van der Waals surface area contributed by atoms with Crippen LogP contribution in [0.3, 0.4) is 0 Å². The fraction of sp³-hybridized carbons (Fsp3) is 0. The van der Waals surface area contributed by atoms with Gasteiger partial charge in [-0.1, -0.05) is 115 Å². The second kappa shape index (κ2) is 13.0. The molecular formula is C50H30N6. The molecular weight excluding hydrogens is 685 g/mol. The molecule has 11 rings (SSSR count). The van der Waals surface area contributed by atoms with E-state index in [1.165, 1.54) is 10.8 Å². The van der Waals surface area contributed by atoms with E-state index >= 15 is 0 Å². The molecule has 0 spiro atoms. The molecule has 0 saturated carbocycles. The van der Waals surface area contributed by atoms with Crippen LogP contribution in [0.25, 0.3) is 111 Å². The Hall–Kier alpha value is -7.70. The van der Waals surface area contributed by atoms with E-state index in [4.69, 9.17) is 29.9 Å². The van der Waals surface area contributed by atoms with Crippen LogP contribution >= 0.6 is 0 Å². The summed E-state index contributed by atoms with van der Waals surface area (Å²) in [4.78, 5) is 30.3. The molecule has 0 aliphatic heterocycles. The van der Waals surface area contributed by atoms with Crippen molar-refractivity contribution in [3.63, 3.8) is 0 Å². The van der Waals surface area contributed by atoms with E-state index in [9.17, 15) is 0 Å². The van der Waals surface area contributed by atoms with Crippen LogP contribution in [-0.2, 0) is 0 Å². The first-order chi connectivity index (χ1) is 27.7. The lowest BCUT2D eigenvalue weighted by atomic mass is 10.0. The minimum atomic E-state index is 0.605. The van der Waals surface area contributed by atoms with Gasteiger partial charge in [0.1, 0.15) is 0 Å². The largest absolute Gasteiger partial charge is 0.256 e. The molecule has 0 amide bonds. The van der Waals surface area contributed by atoms with Gasteiger partial charge in [0.25, 0.3) is 0 Å². The number of fused-ring (bicyclic) bond motifs is 6. The summed E-state index contributed by atoms with van der Waals surface area (Å²) in [6.45, 7) is 0. The number of aromatic nitrogens is 6. The van der Waals surface area contributed by atoms with Crippen LogP contribution in [-0.4, -0.2) is 29.9 Å². The molecule has 0 unspecified atom stereocenters. The number of para-hydroxylation sites is 2. The number of pyridine rings is 4. The Balaban J connectivity index is 1.03. The third-order valence-corrected chi connectivity index (χ3v) is 10.5. The molecule has 6 nitrogen and oxygen atoms in total. The summed E-state index contributed by atoms with van der Waals surface area (Å²) < 4.78 is 0. The maximum absolute atomic E-state index is 5.26. The Morgan fingerprint density at radius 1 is 0.268 bits per heavy atom. The lowest BCUT2D eigenvalue weighted by Gasteiger charge is -2.11. The van der Waals surface area contributed by atoms with Gasteiger partial charge in [0.05, 0.1) is 44.8 Å². The highest BCUT2D eigenvalue weighted by atomic mass is 14.9. The van der Waals surface area contributed by atoms with Crippen molar-refractivity contribution in [3.8, 4) is 56.4 Å². The standard InChI is InChI=1S/C50H30N6/c1-2-9-34-24-38(19-16-31(34)8-1)45-23-21-33-18-17-32-20-22-44(53-48(32)49(33)54-45)37-12-7-13-39(25-37)50-55-46(40-26-35-10-3-5-14-42(35)51-29-40)28-47(56-50)41-27-36-11-4-6-15-43(36)52-30-41/h1-30H. The van der Waals surface area contributed by atoms with Crippen LogP contribution in [0.5, 0.6) is 0 Å². The average molecular weight is 715 g/mol. The first-order valence-corrected chi connectivity index (χ1v) is 18.6. The van der Waals surface area contributed by atoms with Crippen molar-refractivity contribution < 1.29 is 0 Å². The van der Waals surface area contributed by atoms with Crippen molar-refractivity contribution in [3.05, 3.63) is 182 Å². The highest BCUT2D eigenvalue weighted by Crippen LogP contribution is 2.33. The summed E-state index contributed by atoms with van der Waals surface area (Å²) >= 11 is 0. The molecule has 0 saturated heterocycles. The second-order valence-electron chi connectivity index (χ2n) is 14.0. The van der Waals surface area contributed by atoms with Gasteiger partial charge in [-0.15, -0.1) is 0 Å². The van der Waals surface area contributed by atoms with Gasteiger partial charge in [-0.3, -0.25) is 9.97 Å². The fourth-order valence-corrected chi connectivity index (χ4v) is 7.55. The van der Waals surface area contributed by atoms with Gasteiger partial charge in [0.2, 0.25) is 0 Å². The molecule has 0 N–H and O–H groups in total. The lowest BCUT2D eigenvalue weighted by molar-refractivity contribution is 1.18. The number of hydrogen-bond donors (Lipinski definition) is 0. The minimum Gasteiger partial charge on any atom is -0.256 e. The smallest absolute Gasteiger partial charge is 0.160 e. The van der Waals surface area contributed by atoms with Crippen molar-refractivity contribution in [2.24, 2.45) is 0 Å². The van der Waals surface area contributed by atoms with Gasteiger partial charge in [-0.2, -0.15) is 0 Å². The summed E-state index contributed by atoms with van der Waals surface area (Å²) in [5.41, 5.74) is 11.7. The van der Waals surface area contributed by atoms with Crippen LogP contribution in [0.1, 0.15) is 0 Å². The van der Waals surface area contributed by atoms with Crippen molar-refractivity contribution >= 4 is 54.4 Å². The number of benzene rings is 6. The zero-order valence-corrected chi connectivity index (χ0v) is 30.0. The number of hydrogen-bond acceptors (Lipinski definition) is 6. The zero-order valence-electron chi connectivity index (χ0n) is 30.0. The molecule has 0 radical (unpaired) electrons. The normalized spacial score (nSPS) is 11.6. The van der Waals surface area contributed by atoms with E-state index in [1.807, 2.05) is 60.9 Å². The number of rotatable bonds is 5. The Labute approximate surface area is 321 Å². The van der Waals surface area contributed by atoms with E-state index in [2.05, 4.69) is 121 Å². The predicted molar refractivity (Wildman–Crippen MR) is 228 cm³/mol. The molecule has 0 atom stereocenters. The first kappa shape index (κ1) is 31.8. The van der Waals surface area contributed by atoms with Gasteiger partial charge in [0, 0.05) is 61.8 Å². The van der Waals surface area contributed by atoms with E-state index in [1.54, 1.807) is 0 Å². The van der Waals surface area contributed by atoms with Gasteiger partial charge in [-0.25, -0.2) is 19.9 Å². The second-order valence-corrected chi connectivity index (χ2v) is 14.0. The van der Waals surface area contributed by atoms with Crippen LogP contribution in [0.15, 0.2) is 182 Å². The third-order valence-electron chi connectivity index (χ3n) is 10.5. The molecule has 56 heavy (non-hydrogen) atoms. The van der Waals surface area contributed by atoms with E-state index in [0.29, 0.717) is 5.82 Å². The van der Waals surface area contributed by atoms with Crippen LogP contribution < -0.4 is 0 Å². The van der Waals surface area contributed by atoms with Gasteiger partial charge < -0.3 is 0 Å². The molecule has 0 aliphatic rings. The van der Waals surface area contributed by atoms with Gasteiger partial charge >= 0.3 is 0 Å². The van der Waals surface area contributed by atoms with Crippen LogP contribution in [0, 0.1) is 0 Å². The lowest BCUT2D eigenvalue weighted by Crippen LogP contribution is -1.97. The maximum atomic E-state index is 5.26. The third kappa shape index (κ3) is 5.68. The Morgan fingerprint density at radius 3 is 1.38 bits per heavy atom. The van der Waals surface area contributed by atoms with Gasteiger partial charge in [0.15, 0.2) is 5.82 Å². The number of nitrogens with zero attached hydrogens (tertiary/aromatic N) is 6. The fourth-order valence-electron chi connectivity index (χ4n) is 7.55. The Bertz CT molecular complexity index is 3240. The van der Waals surface area contributed by atoms with Crippen molar-refractivity contribution in [1.82, 2.24) is 29.9 Å². The SMILES string of the molecule is c1cc(-c2ccc3ccc4ccc(-c5ccc6ccccc6c5)nc4c3n2)cc(-c2nc(-c3cnc4ccccc4c3)cc(-c3cnc4ccccc4c3)n2)c1. The quantitative estimate of drug-likeness (QED) is 0.165. The van der Waals surface area contributed by atoms with Crippen molar-refractivity contribution in [2.75, 3.05) is 0 Å². The van der Waals surface area contributed by atoms with Gasteiger partial charge in [-0.05, 0) is 65.4 Å². The average Bonchev–Trinajstić information content (AvgIpc) is 3.28. The van der Waals surface area contributed by atoms with Crippen LogP contribution in [0.4, 0.5) is 0 Å². The Kier molecular flexibility index (Phi) is 7.38. The molecule has 6 aromatic carbocycles. The molecule has 0 bridgehead atoms. The highest BCUT2D eigenvalue weighted by molar-refractivity contribution is 6.04. The highest BCUT2D eigenvalue weighted by Gasteiger charge is 2.15. The Morgan fingerprint density at radius 2 is 0.750 bits per heavy atom. The summed E-state index contributed by atoms with van der Waals surface area (Å²) in [6.07, 6.45) is 3.77. The molecule has 260 valence electrons. The maximum Gasteiger partial charge on any atom is 0.160 e. The summed E-state index contributed by atoms with van der Waals surface area (Å²) in [6, 6.07) is 58.4. The molecule has 0 aliphatic carbocycles. The monoisotopic (exact) mass is 714 g/mol. The minimum absolute atomic E-state index is 0.605. The topological polar surface area (TPSA) is 77.3 Å². The molecule has 5 aromatic heterocycles. The van der Waals surface area contributed by atoms with E-state index < -0.39 is 0 Å². The molecule has 0 fully saturated rings. The summed E-state index contributed by atoms with van der Waals surface area (Å²) in [7, 11) is 0. The summed E-state index contributed by atoms with van der Waals surface area (Å²) in [5.74, 6) is 0.605. The molecule has 6 heteroatoms. The van der Waals surface area contributed by atoms with E-state index in [-0.39, 0.29) is 0 Å². The van der Waals surface area contributed by atoms with Crippen molar-refractivity contribution in [1.29, 1.82) is 0 Å². The predicted octanol–water partition coefficient (Wildman–Crippen LogP) is 12.2.